The highest BCUT2D eigenvalue weighted by atomic mass is 35.5. The highest BCUT2D eigenvalue weighted by Crippen LogP contribution is 2.24. The van der Waals surface area contributed by atoms with Crippen LogP contribution in [0.25, 0.3) is 0 Å². The van der Waals surface area contributed by atoms with Crippen molar-refractivity contribution in [3.63, 3.8) is 0 Å². The van der Waals surface area contributed by atoms with Crippen molar-refractivity contribution in [2.75, 3.05) is 19.8 Å². The lowest BCUT2D eigenvalue weighted by Gasteiger charge is -2.24. The van der Waals surface area contributed by atoms with Crippen LogP contribution in [0.4, 0.5) is 8.78 Å². The second-order valence-electron chi connectivity index (χ2n) is 3.37. The fourth-order valence-corrected chi connectivity index (χ4v) is 1.72. The summed E-state index contributed by atoms with van der Waals surface area (Å²) in [5, 5.41) is 2.85. The zero-order valence-corrected chi connectivity index (χ0v) is 8.65. The fourth-order valence-electron chi connectivity index (χ4n) is 1.57. The first-order chi connectivity index (χ1) is 7.18. The normalized spacial score (nSPS) is 21.7. The maximum absolute atomic E-state index is 13.5. The Morgan fingerprint density at radius 3 is 2.80 bits per heavy atom. The third-order valence-electron chi connectivity index (χ3n) is 2.34. The fraction of sp³-hybridized carbons (Fsp3) is 0.400. The molecule has 0 radical (unpaired) electrons. The lowest BCUT2D eigenvalue weighted by atomic mass is 10.1. The summed E-state index contributed by atoms with van der Waals surface area (Å²) >= 11 is 5.46. The van der Waals surface area contributed by atoms with E-state index in [0.29, 0.717) is 19.8 Å². The van der Waals surface area contributed by atoms with Crippen molar-refractivity contribution in [3.05, 3.63) is 34.4 Å². The first kappa shape index (κ1) is 10.8. The van der Waals surface area contributed by atoms with E-state index in [1.807, 2.05) is 0 Å². The van der Waals surface area contributed by atoms with E-state index in [1.165, 1.54) is 0 Å². The third kappa shape index (κ3) is 2.27. The average molecular weight is 234 g/mol. The van der Waals surface area contributed by atoms with Gasteiger partial charge >= 0.3 is 0 Å². The van der Waals surface area contributed by atoms with Crippen molar-refractivity contribution in [1.29, 1.82) is 0 Å². The molecule has 0 bridgehead atoms. The maximum atomic E-state index is 13.5. The first-order valence-electron chi connectivity index (χ1n) is 4.64. The summed E-state index contributed by atoms with van der Waals surface area (Å²) < 4.78 is 31.8. The van der Waals surface area contributed by atoms with Crippen LogP contribution in [-0.2, 0) is 4.74 Å². The van der Waals surface area contributed by atoms with Crippen LogP contribution >= 0.6 is 11.6 Å². The van der Waals surface area contributed by atoms with Gasteiger partial charge < -0.3 is 10.1 Å². The van der Waals surface area contributed by atoms with Gasteiger partial charge in [-0.2, -0.15) is 0 Å². The molecule has 1 heterocycles. The van der Waals surface area contributed by atoms with Crippen molar-refractivity contribution in [2.45, 2.75) is 6.04 Å². The molecule has 1 aliphatic heterocycles. The predicted molar refractivity (Wildman–Crippen MR) is 52.9 cm³/mol. The number of benzene rings is 1. The van der Waals surface area contributed by atoms with Gasteiger partial charge in [-0.25, -0.2) is 8.78 Å². The zero-order valence-electron chi connectivity index (χ0n) is 7.90. The van der Waals surface area contributed by atoms with Gasteiger partial charge in [0.15, 0.2) is 0 Å². The minimum atomic E-state index is -0.611. The van der Waals surface area contributed by atoms with Gasteiger partial charge in [0.1, 0.15) is 11.6 Å². The second-order valence-corrected chi connectivity index (χ2v) is 3.78. The van der Waals surface area contributed by atoms with Crippen molar-refractivity contribution in [3.8, 4) is 0 Å². The van der Waals surface area contributed by atoms with Crippen LogP contribution in [0.3, 0.4) is 0 Å². The van der Waals surface area contributed by atoms with Crippen LogP contribution in [0.15, 0.2) is 12.1 Å². The number of hydrogen-bond donors (Lipinski definition) is 1. The molecular formula is C10H10ClF2NO. The van der Waals surface area contributed by atoms with E-state index >= 15 is 0 Å². The molecule has 1 aliphatic rings. The van der Waals surface area contributed by atoms with E-state index in [-0.39, 0.29) is 16.6 Å². The highest BCUT2D eigenvalue weighted by molar-refractivity contribution is 6.30. The molecule has 1 fully saturated rings. The summed E-state index contributed by atoms with van der Waals surface area (Å²) in [6, 6.07) is 1.80. The largest absolute Gasteiger partial charge is 0.378 e. The summed E-state index contributed by atoms with van der Waals surface area (Å²) in [5.74, 6) is -1.12. The van der Waals surface area contributed by atoms with Crippen molar-refractivity contribution < 1.29 is 13.5 Å². The van der Waals surface area contributed by atoms with Crippen LogP contribution in [0.2, 0.25) is 5.02 Å². The van der Waals surface area contributed by atoms with Crippen molar-refractivity contribution in [2.24, 2.45) is 0 Å². The van der Waals surface area contributed by atoms with Gasteiger partial charge in [0.25, 0.3) is 0 Å². The second kappa shape index (κ2) is 4.43. The Morgan fingerprint density at radius 1 is 1.33 bits per heavy atom. The standard InChI is InChI=1S/C10H10ClF2NO/c11-7-4-8(12)6(3-9(7)13)10-5-15-2-1-14-10/h3-4,10,14H,1-2,5H2. The number of halogens is 3. The number of hydrogen-bond acceptors (Lipinski definition) is 2. The molecule has 0 spiro atoms. The first-order valence-corrected chi connectivity index (χ1v) is 5.02. The van der Waals surface area contributed by atoms with Gasteiger partial charge in [-0.05, 0) is 12.1 Å². The van der Waals surface area contributed by atoms with Gasteiger partial charge in [-0.15, -0.1) is 0 Å². The Morgan fingerprint density at radius 2 is 2.13 bits per heavy atom. The van der Waals surface area contributed by atoms with Crippen molar-refractivity contribution >= 4 is 11.6 Å². The van der Waals surface area contributed by atoms with Crippen LogP contribution in [0.1, 0.15) is 11.6 Å². The molecule has 1 N–H and O–H groups in total. The summed E-state index contributed by atoms with van der Waals surface area (Å²) in [6.07, 6.45) is 0. The molecular weight excluding hydrogens is 224 g/mol. The Balaban J connectivity index is 2.30. The number of nitrogens with one attached hydrogen (secondary N) is 1. The van der Waals surface area contributed by atoms with Gasteiger partial charge in [-0.1, -0.05) is 11.6 Å². The topological polar surface area (TPSA) is 21.3 Å². The van der Waals surface area contributed by atoms with Crippen LogP contribution in [-0.4, -0.2) is 19.8 Å². The molecule has 82 valence electrons. The van der Waals surface area contributed by atoms with Gasteiger partial charge in [0.2, 0.25) is 0 Å². The van der Waals surface area contributed by atoms with Gasteiger partial charge in [0, 0.05) is 12.1 Å². The van der Waals surface area contributed by atoms with E-state index in [0.717, 1.165) is 12.1 Å². The zero-order chi connectivity index (χ0) is 10.8. The monoisotopic (exact) mass is 233 g/mol. The van der Waals surface area contributed by atoms with Crippen LogP contribution in [0.5, 0.6) is 0 Å². The lowest BCUT2D eigenvalue weighted by Crippen LogP contribution is -2.35. The molecule has 1 saturated heterocycles. The SMILES string of the molecule is Fc1cc(C2COCCN2)c(F)cc1Cl. The Hall–Kier alpha value is -0.710. The van der Waals surface area contributed by atoms with E-state index in [9.17, 15) is 8.78 Å². The molecule has 0 amide bonds. The lowest BCUT2D eigenvalue weighted by molar-refractivity contribution is 0.0756. The quantitative estimate of drug-likeness (QED) is 0.752. The molecule has 0 aliphatic carbocycles. The maximum Gasteiger partial charge on any atom is 0.142 e. The summed E-state index contributed by atoms with van der Waals surface area (Å²) in [7, 11) is 0. The molecule has 0 saturated carbocycles. The molecule has 1 atom stereocenters. The third-order valence-corrected chi connectivity index (χ3v) is 2.63. The molecule has 5 heteroatoms. The van der Waals surface area contributed by atoms with Crippen LogP contribution in [0, 0.1) is 11.6 Å². The molecule has 2 nitrogen and oxygen atoms in total. The number of ether oxygens (including phenoxy) is 1. The molecule has 15 heavy (non-hydrogen) atoms. The Labute approximate surface area is 91.2 Å². The van der Waals surface area contributed by atoms with E-state index in [2.05, 4.69) is 5.32 Å². The molecule has 1 unspecified atom stereocenters. The van der Waals surface area contributed by atoms with Gasteiger partial charge in [-0.3, -0.25) is 0 Å². The summed E-state index contributed by atoms with van der Waals surface area (Å²) in [4.78, 5) is 0. The molecule has 0 aromatic heterocycles. The minimum absolute atomic E-state index is 0.201. The predicted octanol–water partition coefficient (Wildman–Crippen LogP) is 2.28. The van der Waals surface area contributed by atoms with E-state index in [1.54, 1.807) is 0 Å². The number of morpholine rings is 1. The van der Waals surface area contributed by atoms with Crippen molar-refractivity contribution in [1.82, 2.24) is 5.32 Å². The Bertz CT molecular complexity index is 367. The molecule has 1 aromatic rings. The Kier molecular flexibility index (Phi) is 3.19. The minimum Gasteiger partial charge on any atom is -0.378 e. The smallest absolute Gasteiger partial charge is 0.142 e. The van der Waals surface area contributed by atoms with E-state index in [4.69, 9.17) is 16.3 Å². The van der Waals surface area contributed by atoms with E-state index < -0.39 is 11.6 Å². The molecule has 1 aromatic carbocycles. The number of rotatable bonds is 1. The average Bonchev–Trinajstić information content (AvgIpc) is 2.25. The highest BCUT2D eigenvalue weighted by Gasteiger charge is 2.20. The van der Waals surface area contributed by atoms with Crippen LogP contribution < -0.4 is 5.32 Å². The van der Waals surface area contributed by atoms with Gasteiger partial charge in [0.05, 0.1) is 24.3 Å². The summed E-state index contributed by atoms with van der Waals surface area (Å²) in [6.45, 7) is 1.57. The molecule has 2 rings (SSSR count). The summed E-state index contributed by atoms with van der Waals surface area (Å²) in [5.41, 5.74) is 0.261.